The highest BCUT2D eigenvalue weighted by molar-refractivity contribution is 5.91. The molecule has 1 aliphatic rings. The zero-order valence-electron chi connectivity index (χ0n) is 12.5. The van der Waals surface area contributed by atoms with Crippen LogP contribution >= 0.6 is 0 Å². The first-order valence-corrected chi connectivity index (χ1v) is 7.13. The van der Waals surface area contributed by atoms with Gasteiger partial charge in [-0.2, -0.15) is 5.10 Å². The molecule has 1 N–H and O–H groups in total. The minimum atomic E-state index is -0.937. The number of methoxy groups -OCH3 is 1. The van der Waals surface area contributed by atoms with Crippen LogP contribution in [0.4, 0.5) is 4.39 Å². The minimum Gasteiger partial charge on any atom is -0.468 e. The summed E-state index contributed by atoms with van der Waals surface area (Å²) >= 11 is 0. The second kappa shape index (κ2) is 5.40. The van der Waals surface area contributed by atoms with Crippen molar-refractivity contribution in [3.8, 4) is 0 Å². The van der Waals surface area contributed by atoms with Crippen LogP contribution < -0.4 is 0 Å². The van der Waals surface area contributed by atoms with Gasteiger partial charge in [0.15, 0.2) is 0 Å². The van der Waals surface area contributed by atoms with Gasteiger partial charge in [-0.25, -0.2) is 4.39 Å². The first-order chi connectivity index (χ1) is 10.6. The van der Waals surface area contributed by atoms with Crippen molar-refractivity contribution in [2.75, 3.05) is 7.11 Å². The third-order valence-corrected chi connectivity index (χ3v) is 4.38. The number of aromatic amines is 1. The first kappa shape index (κ1) is 14.5. The average molecular weight is 300 g/mol. The van der Waals surface area contributed by atoms with Crippen LogP contribution in [0.1, 0.15) is 29.5 Å². The molecule has 1 aromatic carbocycles. The number of esters is 1. The standard InChI is InChI=1S/C17H17FN2O2/c1-11-14(4-3-5-15(11)18)17(16(21)22-2)7-6-12(8-17)13-9-19-20-10-13/h3-5,8-10H,6-7H2,1-2H3,(H,19,20)/t17-/m0/s1. The number of ether oxygens (including phenoxy) is 1. The van der Waals surface area contributed by atoms with Crippen molar-refractivity contribution in [3.05, 3.63) is 59.2 Å². The number of allylic oxidation sites excluding steroid dienone is 1. The van der Waals surface area contributed by atoms with E-state index in [1.54, 1.807) is 31.5 Å². The molecule has 114 valence electrons. The van der Waals surface area contributed by atoms with Gasteiger partial charge in [0.2, 0.25) is 0 Å². The highest BCUT2D eigenvalue weighted by atomic mass is 19.1. The van der Waals surface area contributed by atoms with E-state index in [2.05, 4.69) is 10.2 Å². The average Bonchev–Trinajstić information content (AvgIpc) is 3.18. The fourth-order valence-corrected chi connectivity index (χ4v) is 3.18. The van der Waals surface area contributed by atoms with Crippen LogP contribution in [0.2, 0.25) is 0 Å². The smallest absolute Gasteiger partial charge is 0.320 e. The topological polar surface area (TPSA) is 55.0 Å². The summed E-state index contributed by atoms with van der Waals surface area (Å²) in [6, 6.07) is 4.83. The zero-order valence-corrected chi connectivity index (χ0v) is 12.5. The van der Waals surface area contributed by atoms with Crippen LogP contribution in [0, 0.1) is 12.7 Å². The maximum atomic E-state index is 14.0. The number of benzene rings is 1. The van der Waals surface area contributed by atoms with Crippen molar-refractivity contribution in [2.45, 2.75) is 25.2 Å². The van der Waals surface area contributed by atoms with Crippen molar-refractivity contribution >= 4 is 11.5 Å². The second-order valence-corrected chi connectivity index (χ2v) is 5.53. The Balaban J connectivity index is 2.16. The molecule has 0 saturated carbocycles. The van der Waals surface area contributed by atoms with E-state index in [1.165, 1.54) is 13.2 Å². The summed E-state index contributed by atoms with van der Waals surface area (Å²) in [6.07, 6.45) is 6.68. The highest BCUT2D eigenvalue weighted by Crippen LogP contribution is 2.44. The fourth-order valence-electron chi connectivity index (χ4n) is 3.18. The molecule has 3 rings (SSSR count). The van der Waals surface area contributed by atoms with Gasteiger partial charge in [0.1, 0.15) is 11.2 Å². The number of H-pyrrole nitrogens is 1. The predicted molar refractivity (Wildman–Crippen MR) is 80.6 cm³/mol. The number of nitrogens with zero attached hydrogens (tertiary/aromatic N) is 1. The molecule has 0 aliphatic heterocycles. The molecule has 22 heavy (non-hydrogen) atoms. The normalized spacial score (nSPS) is 20.8. The Morgan fingerprint density at radius 2 is 2.27 bits per heavy atom. The zero-order chi connectivity index (χ0) is 15.7. The molecule has 0 amide bonds. The molecule has 1 aromatic heterocycles. The van der Waals surface area contributed by atoms with Gasteiger partial charge in [0, 0.05) is 11.8 Å². The molecular formula is C17H17FN2O2. The van der Waals surface area contributed by atoms with Crippen LogP contribution in [0.5, 0.6) is 0 Å². The third kappa shape index (κ3) is 2.13. The number of nitrogens with one attached hydrogen (secondary N) is 1. The Labute approximate surface area is 128 Å². The molecule has 1 atom stereocenters. The maximum Gasteiger partial charge on any atom is 0.320 e. The van der Waals surface area contributed by atoms with Gasteiger partial charge in [-0.05, 0) is 42.5 Å². The summed E-state index contributed by atoms with van der Waals surface area (Å²) in [4.78, 5) is 12.5. The summed E-state index contributed by atoms with van der Waals surface area (Å²) in [5.41, 5.74) is 2.17. The van der Waals surface area contributed by atoms with Crippen LogP contribution in [0.25, 0.3) is 5.57 Å². The Morgan fingerprint density at radius 1 is 1.45 bits per heavy atom. The molecule has 2 aromatic rings. The van der Waals surface area contributed by atoms with Gasteiger partial charge in [-0.1, -0.05) is 18.2 Å². The first-order valence-electron chi connectivity index (χ1n) is 7.13. The SMILES string of the molecule is COC(=O)[C@]1(c2cccc(F)c2C)C=C(c2cn[nH]c2)CC1. The molecule has 0 radical (unpaired) electrons. The summed E-state index contributed by atoms with van der Waals surface area (Å²) in [5, 5.41) is 6.71. The van der Waals surface area contributed by atoms with E-state index in [0.29, 0.717) is 24.0 Å². The van der Waals surface area contributed by atoms with Gasteiger partial charge >= 0.3 is 5.97 Å². The number of halogens is 1. The summed E-state index contributed by atoms with van der Waals surface area (Å²) in [5.74, 6) is -0.675. The largest absolute Gasteiger partial charge is 0.468 e. The van der Waals surface area contributed by atoms with Gasteiger partial charge in [0.25, 0.3) is 0 Å². The number of hydrogen-bond donors (Lipinski definition) is 1. The lowest BCUT2D eigenvalue weighted by Gasteiger charge is -2.26. The number of carbonyl (C=O) groups excluding carboxylic acids is 1. The summed E-state index contributed by atoms with van der Waals surface area (Å²) < 4.78 is 19.0. The van der Waals surface area contributed by atoms with E-state index < -0.39 is 5.41 Å². The lowest BCUT2D eigenvalue weighted by molar-refractivity contribution is -0.145. The van der Waals surface area contributed by atoms with E-state index >= 15 is 0 Å². The Hall–Kier alpha value is -2.43. The lowest BCUT2D eigenvalue weighted by atomic mass is 9.78. The van der Waals surface area contributed by atoms with Gasteiger partial charge < -0.3 is 4.74 Å². The van der Waals surface area contributed by atoms with Crippen molar-refractivity contribution in [3.63, 3.8) is 0 Å². The molecule has 0 spiro atoms. The van der Waals surface area contributed by atoms with Crippen molar-refractivity contribution in [1.29, 1.82) is 0 Å². The minimum absolute atomic E-state index is 0.314. The van der Waals surface area contributed by atoms with Crippen molar-refractivity contribution in [1.82, 2.24) is 10.2 Å². The summed E-state index contributed by atoms with van der Waals surface area (Å²) in [6.45, 7) is 1.69. The molecule has 4 nitrogen and oxygen atoms in total. The van der Waals surface area contributed by atoms with E-state index in [0.717, 1.165) is 11.1 Å². The van der Waals surface area contributed by atoms with Crippen molar-refractivity contribution < 1.29 is 13.9 Å². The molecule has 0 unspecified atom stereocenters. The molecule has 1 aliphatic carbocycles. The van der Waals surface area contributed by atoms with Gasteiger partial charge in [0.05, 0.1) is 13.3 Å². The summed E-state index contributed by atoms with van der Waals surface area (Å²) in [7, 11) is 1.36. The van der Waals surface area contributed by atoms with Crippen LogP contribution in [0.15, 0.2) is 36.7 Å². The number of rotatable bonds is 3. The van der Waals surface area contributed by atoms with Crippen LogP contribution in [0.3, 0.4) is 0 Å². The van der Waals surface area contributed by atoms with Crippen molar-refractivity contribution in [2.24, 2.45) is 0 Å². The van der Waals surface area contributed by atoms with Crippen LogP contribution in [-0.4, -0.2) is 23.3 Å². The third-order valence-electron chi connectivity index (χ3n) is 4.38. The molecule has 0 saturated heterocycles. The molecule has 0 bridgehead atoms. The van der Waals surface area contributed by atoms with Crippen LogP contribution in [-0.2, 0) is 14.9 Å². The molecule has 5 heteroatoms. The van der Waals surface area contributed by atoms with E-state index in [9.17, 15) is 9.18 Å². The van der Waals surface area contributed by atoms with E-state index in [4.69, 9.17) is 4.74 Å². The number of hydrogen-bond acceptors (Lipinski definition) is 3. The lowest BCUT2D eigenvalue weighted by Crippen LogP contribution is -2.34. The predicted octanol–water partition coefficient (Wildman–Crippen LogP) is 3.15. The second-order valence-electron chi connectivity index (χ2n) is 5.53. The molecule has 1 heterocycles. The maximum absolute atomic E-state index is 14.0. The molecular weight excluding hydrogens is 283 g/mol. The highest BCUT2D eigenvalue weighted by Gasteiger charge is 2.44. The monoisotopic (exact) mass is 300 g/mol. The Kier molecular flexibility index (Phi) is 3.56. The quantitative estimate of drug-likeness (QED) is 0.886. The Bertz CT molecular complexity index is 737. The van der Waals surface area contributed by atoms with E-state index in [-0.39, 0.29) is 11.8 Å². The van der Waals surface area contributed by atoms with E-state index in [1.807, 2.05) is 6.08 Å². The molecule has 0 fully saturated rings. The number of aromatic nitrogens is 2. The van der Waals surface area contributed by atoms with Gasteiger partial charge in [-0.3, -0.25) is 9.89 Å². The Morgan fingerprint density at radius 3 is 2.95 bits per heavy atom. The number of carbonyl (C=O) groups is 1. The fraction of sp³-hybridized carbons (Fsp3) is 0.294. The van der Waals surface area contributed by atoms with Gasteiger partial charge in [-0.15, -0.1) is 0 Å².